The van der Waals surface area contributed by atoms with E-state index in [2.05, 4.69) is 24.1 Å². The molecule has 21 heavy (non-hydrogen) atoms. The molecule has 1 aliphatic rings. The number of nitrogens with one attached hydrogen (secondary N) is 1. The Morgan fingerprint density at radius 2 is 1.90 bits per heavy atom. The van der Waals surface area contributed by atoms with Crippen LogP contribution in [-0.2, 0) is 14.3 Å². The average molecular weight is 300 g/mol. The van der Waals surface area contributed by atoms with Crippen molar-refractivity contribution in [1.29, 1.82) is 0 Å². The highest BCUT2D eigenvalue weighted by atomic mass is 16.5. The lowest BCUT2D eigenvalue weighted by molar-refractivity contribution is -0.151. The predicted octanol–water partition coefficient (Wildman–Crippen LogP) is 1.25. The van der Waals surface area contributed by atoms with Gasteiger partial charge in [-0.1, -0.05) is 13.8 Å². The van der Waals surface area contributed by atoms with Gasteiger partial charge in [0, 0.05) is 6.04 Å². The van der Waals surface area contributed by atoms with Crippen LogP contribution < -0.4 is 5.32 Å². The van der Waals surface area contributed by atoms with Gasteiger partial charge >= 0.3 is 5.97 Å². The SMILES string of the molecule is CCN(CC)CCCC(C)NC(=O)C1CCC(C(=O)O)O1. The number of ether oxygens (including phenoxy) is 1. The molecule has 1 saturated heterocycles. The van der Waals surface area contributed by atoms with E-state index in [0.29, 0.717) is 12.8 Å². The predicted molar refractivity (Wildman–Crippen MR) is 80.2 cm³/mol. The van der Waals surface area contributed by atoms with Crippen molar-refractivity contribution < 1.29 is 19.4 Å². The van der Waals surface area contributed by atoms with Crippen molar-refractivity contribution in [1.82, 2.24) is 10.2 Å². The summed E-state index contributed by atoms with van der Waals surface area (Å²) in [4.78, 5) is 25.1. The Balaban J connectivity index is 2.23. The standard InChI is InChI=1S/C15H28N2O4/c1-4-17(5-2)10-6-7-11(3)16-14(18)12-8-9-13(21-12)15(19)20/h11-13H,4-10H2,1-3H3,(H,16,18)(H,19,20). The van der Waals surface area contributed by atoms with Gasteiger partial charge in [0.25, 0.3) is 0 Å². The first-order valence-corrected chi connectivity index (χ1v) is 7.88. The van der Waals surface area contributed by atoms with E-state index in [9.17, 15) is 9.59 Å². The van der Waals surface area contributed by atoms with Gasteiger partial charge in [0.2, 0.25) is 5.91 Å². The summed E-state index contributed by atoms with van der Waals surface area (Å²) in [5.74, 6) is -1.17. The van der Waals surface area contributed by atoms with Gasteiger partial charge in [-0.15, -0.1) is 0 Å². The van der Waals surface area contributed by atoms with Crippen LogP contribution in [0.25, 0.3) is 0 Å². The van der Waals surface area contributed by atoms with Gasteiger partial charge in [-0.05, 0) is 52.2 Å². The van der Waals surface area contributed by atoms with Gasteiger partial charge < -0.3 is 20.1 Å². The van der Waals surface area contributed by atoms with Gasteiger partial charge in [-0.3, -0.25) is 4.79 Å². The Morgan fingerprint density at radius 3 is 2.43 bits per heavy atom. The molecule has 122 valence electrons. The fraction of sp³-hybridized carbons (Fsp3) is 0.867. The average Bonchev–Trinajstić information content (AvgIpc) is 2.93. The van der Waals surface area contributed by atoms with Crippen LogP contribution in [0.4, 0.5) is 0 Å². The molecule has 0 aromatic carbocycles. The lowest BCUT2D eigenvalue weighted by atomic mass is 10.1. The third-order valence-corrected chi connectivity index (χ3v) is 3.98. The Morgan fingerprint density at radius 1 is 1.29 bits per heavy atom. The smallest absolute Gasteiger partial charge is 0.332 e. The zero-order valence-corrected chi connectivity index (χ0v) is 13.3. The number of hydrogen-bond acceptors (Lipinski definition) is 4. The molecule has 0 aromatic rings. The number of rotatable bonds is 9. The molecule has 0 saturated carbocycles. The van der Waals surface area contributed by atoms with Crippen LogP contribution in [0.5, 0.6) is 0 Å². The minimum atomic E-state index is -0.988. The quantitative estimate of drug-likeness (QED) is 0.670. The van der Waals surface area contributed by atoms with E-state index in [0.717, 1.165) is 32.5 Å². The summed E-state index contributed by atoms with van der Waals surface area (Å²) in [5.41, 5.74) is 0. The number of carboxylic acid groups (broad SMARTS) is 1. The Bertz CT molecular complexity index is 345. The maximum absolute atomic E-state index is 12.0. The van der Waals surface area contributed by atoms with Crippen molar-refractivity contribution in [3.05, 3.63) is 0 Å². The normalized spacial score (nSPS) is 23.2. The van der Waals surface area contributed by atoms with Gasteiger partial charge in [0.05, 0.1) is 0 Å². The number of carbonyl (C=O) groups is 2. The van der Waals surface area contributed by atoms with Gasteiger partial charge in [-0.2, -0.15) is 0 Å². The molecule has 1 heterocycles. The fourth-order valence-corrected chi connectivity index (χ4v) is 2.58. The van der Waals surface area contributed by atoms with Crippen molar-refractivity contribution in [3.8, 4) is 0 Å². The van der Waals surface area contributed by atoms with Crippen molar-refractivity contribution in [3.63, 3.8) is 0 Å². The Kier molecular flexibility index (Phi) is 7.67. The molecule has 3 atom stereocenters. The fourth-order valence-electron chi connectivity index (χ4n) is 2.58. The summed E-state index contributed by atoms with van der Waals surface area (Å²) in [7, 11) is 0. The molecule has 0 aromatic heterocycles. The highest BCUT2D eigenvalue weighted by molar-refractivity contribution is 5.82. The first-order chi connectivity index (χ1) is 9.97. The molecule has 0 radical (unpaired) electrons. The van der Waals surface area contributed by atoms with Gasteiger partial charge in [0.1, 0.15) is 6.10 Å². The topological polar surface area (TPSA) is 78.9 Å². The van der Waals surface area contributed by atoms with Crippen LogP contribution in [-0.4, -0.2) is 59.8 Å². The van der Waals surface area contributed by atoms with Crippen LogP contribution in [0.1, 0.15) is 46.5 Å². The Hall–Kier alpha value is -1.14. The molecular formula is C15H28N2O4. The van der Waals surface area contributed by atoms with E-state index in [1.54, 1.807) is 0 Å². The summed E-state index contributed by atoms with van der Waals surface area (Å²) in [6.07, 6.45) is 1.39. The van der Waals surface area contributed by atoms with Crippen molar-refractivity contribution >= 4 is 11.9 Å². The number of hydrogen-bond donors (Lipinski definition) is 2. The molecule has 3 unspecified atom stereocenters. The number of amides is 1. The van der Waals surface area contributed by atoms with Crippen LogP contribution in [0.2, 0.25) is 0 Å². The second-order valence-electron chi connectivity index (χ2n) is 5.61. The first-order valence-electron chi connectivity index (χ1n) is 7.88. The lowest BCUT2D eigenvalue weighted by Crippen LogP contribution is -2.40. The van der Waals surface area contributed by atoms with E-state index in [-0.39, 0.29) is 11.9 Å². The maximum atomic E-state index is 12.0. The molecule has 2 N–H and O–H groups in total. The summed E-state index contributed by atoms with van der Waals surface area (Å²) < 4.78 is 5.24. The monoisotopic (exact) mass is 300 g/mol. The van der Waals surface area contributed by atoms with Crippen molar-refractivity contribution in [2.45, 2.75) is 64.7 Å². The van der Waals surface area contributed by atoms with E-state index < -0.39 is 18.2 Å². The zero-order valence-electron chi connectivity index (χ0n) is 13.3. The number of carbonyl (C=O) groups excluding carboxylic acids is 1. The summed E-state index contributed by atoms with van der Waals surface area (Å²) in [6.45, 7) is 9.39. The lowest BCUT2D eigenvalue weighted by Gasteiger charge is -2.20. The molecule has 1 amide bonds. The minimum Gasteiger partial charge on any atom is -0.479 e. The largest absolute Gasteiger partial charge is 0.479 e. The van der Waals surface area contributed by atoms with E-state index in [1.165, 1.54) is 0 Å². The number of aliphatic carboxylic acids is 1. The van der Waals surface area contributed by atoms with Crippen LogP contribution >= 0.6 is 0 Å². The molecule has 1 fully saturated rings. The van der Waals surface area contributed by atoms with Gasteiger partial charge in [0.15, 0.2) is 6.10 Å². The summed E-state index contributed by atoms with van der Waals surface area (Å²) in [5, 5.41) is 11.8. The zero-order chi connectivity index (χ0) is 15.8. The molecular weight excluding hydrogens is 272 g/mol. The van der Waals surface area contributed by atoms with Crippen LogP contribution in [0, 0.1) is 0 Å². The Labute approximate surface area is 126 Å². The van der Waals surface area contributed by atoms with E-state index >= 15 is 0 Å². The second-order valence-corrected chi connectivity index (χ2v) is 5.61. The van der Waals surface area contributed by atoms with E-state index in [1.807, 2.05) is 6.92 Å². The summed E-state index contributed by atoms with van der Waals surface area (Å²) >= 11 is 0. The molecule has 0 bridgehead atoms. The molecule has 6 nitrogen and oxygen atoms in total. The molecule has 0 aliphatic carbocycles. The van der Waals surface area contributed by atoms with Gasteiger partial charge in [-0.25, -0.2) is 4.79 Å². The maximum Gasteiger partial charge on any atom is 0.332 e. The highest BCUT2D eigenvalue weighted by Crippen LogP contribution is 2.20. The third kappa shape index (κ3) is 6.01. The summed E-state index contributed by atoms with van der Waals surface area (Å²) in [6, 6.07) is 0.0838. The highest BCUT2D eigenvalue weighted by Gasteiger charge is 2.34. The van der Waals surface area contributed by atoms with Crippen molar-refractivity contribution in [2.24, 2.45) is 0 Å². The number of carboxylic acids is 1. The molecule has 1 aliphatic heterocycles. The second kappa shape index (κ2) is 9.00. The molecule has 6 heteroatoms. The first kappa shape index (κ1) is 17.9. The minimum absolute atomic E-state index is 0.0838. The molecule has 0 spiro atoms. The van der Waals surface area contributed by atoms with Crippen molar-refractivity contribution in [2.75, 3.05) is 19.6 Å². The third-order valence-electron chi connectivity index (χ3n) is 3.98. The number of nitrogens with zero attached hydrogens (tertiary/aromatic N) is 1. The van der Waals surface area contributed by atoms with E-state index in [4.69, 9.17) is 9.84 Å². The van der Waals surface area contributed by atoms with Crippen LogP contribution in [0.15, 0.2) is 0 Å². The molecule has 1 rings (SSSR count). The van der Waals surface area contributed by atoms with Crippen LogP contribution in [0.3, 0.4) is 0 Å².